The van der Waals surface area contributed by atoms with Gasteiger partial charge in [-0.3, -0.25) is 4.79 Å². The molecule has 2 rings (SSSR count). The topological polar surface area (TPSA) is 71.3 Å². The van der Waals surface area contributed by atoms with Crippen molar-refractivity contribution in [3.63, 3.8) is 0 Å². The van der Waals surface area contributed by atoms with E-state index in [-0.39, 0.29) is 5.57 Å². The highest BCUT2D eigenvalue weighted by Gasteiger charge is 2.12. The van der Waals surface area contributed by atoms with Gasteiger partial charge in [0.2, 0.25) is 0 Å². The van der Waals surface area contributed by atoms with Gasteiger partial charge in [0.25, 0.3) is 5.91 Å². The molecule has 0 aliphatic heterocycles. The molecule has 0 saturated heterocycles. The summed E-state index contributed by atoms with van der Waals surface area (Å²) in [6.07, 6.45) is 1.48. The second-order valence-electron chi connectivity index (χ2n) is 4.74. The average Bonchev–Trinajstić information content (AvgIpc) is 2.61. The van der Waals surface area contributed by atoms with E-state index in [1.165, 1.54) is 13.2 Å². The van der Waals surface area contributed by atoms with Crippen LogP contribution in [0.4, 0.5) is 5.69 Å². The number of nitriles is 1. The molecule has 2 aromatic rings. The van der Waals surface area contributed by atoms with Crippen LogP contribution in [-0.2, 0) is 4.79 Å². The number of nitrogens with zero attached hydrogens (tertiary/aromatic N) is 1. The number of rotatable bonds is 5. The highest BCUT2D eigenvalue weighted by atomic mass is 127. The number of halogens is 1. The van der Waals surface area contributed by atoms with Gasteiger partial charge in [-0.05, 0) is 71.1 Å². The lowest BCUT2D eigenvalue weighted by atomic mass is 10.1. The summed E-state index contributed by atoms with van der Waals surface area (Å²) in [6.45, 7) is 0. The molecule has 0 aliphatic rings. The third-order valence-corrected chi connectivity index (χ3v) is 3.92. The smallest absolute Gasteiger partial charge is 0.266 e. The van der Waals surface area contributed by atoms with Gasteiger partial charge in [-0.15, -0.1) is 0 Å². The lowest BCUT2D eigenvalue weighted by molar-refractivity contribution is -0.112. The van der Waals surface area contributed by atoms with Gasteiger partial charge in [0.15, 0.2) is 0 Å². The van der Waals surface area contributed by atoms with E-state index in [2.05, 4.69) is 27.9 Å². The van der Waals surface area contributed by atoms with Crippen LogP contribution in [0.25, 0.3) is 6.08 Å². The van der Waals surface area contributed by atoms with Crippen LogP contribution < -0.4 is 14.8 Å². The van der Waals surface area contributed by atoms with Crippen molar-refractivity contribution in [2.24, 2.45) is 0 Å². The Kier molecular flexibility index (Phi) is 6.21. The molecule has 0 atom stereocenters. The zero-order valence-electron chi connectivity index (χ0n) is 13.2. The Labute approximate surface area is 154 Å². The molecule has 2 aromatic carbocycles. The first-order chi connectivity index (χ1) is 11.6. The zero-order chi connectivity index (χ0) is 17.5. The average molecular weight is 434 g/mol. The fourth-order valence-electron chi connectivity index (χ4n) is 1.99. The maximum absolute atomic E-state index is 12.3. The molecule has 0 unspecified atom stereocenters. The number of carbonyl (C=O) groups excluding carboxylic acids is 1. The van der Waals surface area contributed by atoms with E-state index >= 15 is 0 Å². The van der Waals surface area contributed by atoms with Crippen molar-refractivity contribution in [3.05, 3.63) is 57.2 Å². The molecule has 0 spiro atoms. The molecule has 5 nitrogen and oxygen atoms in total. The molecule has 0 radical (unpaired) electrons. The Morgan fingerprint density at radius 3 is 2.46 bits per heavy atom. The summed E-state index contributed by atoms with van der Waals surface area (Å²) in [6, 6.07) is 14.4. The fourth-order valence-corrected chi connectivity index (χ4v) is 2.35. The molecule has 0 bridgehead atoms. The molecule has 1 N–H and O–H groups in total. The number of anilines is 1. The molecule has 6 heteroatoms. The van der Waals surface area contributed by atoms with Crippen molar-refractivity contribution in [2.75, 3.05) is 19.5 Å². The molecular weight excluding hydrogens is 419 g/mol. The highest BCUT2D eigenvalue weighted by molar-refractivity contribution is 14.1. The fraction of sp³-hybridized carbons (Fsp3) is 0.111. The van der Waals surface area contributed by atoms with E-state index in [0.717, 1.165) is 3.57 Å². The molecule has 0 saturated carbocycles. The molecule has 24 heavy (non-hydrogen) atoms. The van der Waals surface area contributed by atoms with Gasteiger partial charge in [0.05, 0.1) is 14.2 Å². The third kappa shape index (κ3) is 4.49. The summed E-state index contributed by atoms with van der Waals surface area (Å²) >= 11 is 2.18. The number of hydrogen-bond donors (Lipinski definition) is 1. The Morgan fingerprint density at radius 1 is 1.17 bits per heavy atom. The Hall–Kier alpha value is -2.53. The van der Waals surface area contributed by atoms with Crippen LogP contribution in [0, 0.1) is 14.9 Å². The minimum absolute atomic E-state index is 0.0277. The molecule has 0 aromatic heterocycles. The number of carbonyl (C=O) groups is 1. The Balaban J connectivity index is 2.30. The van der Waals surface area contributed by atoms with E-state index in [4.69, 9.17) is 9.47 Å². The molecule has 1 amide bonds. The third-order valence-electron chi connectivity index (χ3n) is 3.20. The molecule has 0 aliphatic carbocycles. The van der Waals surface area contributed by atoms with E-state index in [0.29, 0.717) is 22.7 Å². The quantitative estimate of drug-likeness (QED) is 0.441. The molecular formula is C18H15IN2O3. The minimum Gasteiger partial charge on any atom is -0.497 e. The zero-order valence-corrected chi connectivity index (χ0v) is 15.3. The number of amides is 1. The number of hydrogen-bond acceptors (Lipinski definition) is 4. The number of benzene rings is 2. The van der Waals surface area contributed by atoms with Crippen molar-refractivity contribution in [1.29, 1.82) is 5.26 Å². The van der Waals surface area contributed by atoms with E-state index < -0.39 is 5.91 Å². The van der Waals surface area contributed by atoms with Gasteiger partial charge in [0, 0.05) is 14.8 Å². The second-order valence-corrected chi connectivity index (χ2v) is 5.98. The number of nitrogens with one attached hydrogen (secondary N) is 1. The first kappa shape index (κ1) is 17.8. The van der Waals surface area contributed by atoms with Crippen LogP contribution in [0.15, 0.2) is 48.0 Å². The van der Waals surface area contributed by atoms with Gasteiger partial charge in [-0.1, -0.05) is 0 Å². The SMILES string of the molecule is COc1ccc(OC)c(/C=C(/C#N)C(=O)Nc2ccc(I)cc2)c1. The summed E-state index contributed by atoms with van der Waals surface area (Å²) in [5.41, 5.74) is 1.19. The van der Waals surface area contributed by atoms with Crippen molar-refractivity contribution in [1.82, 2.24) is 0 Å². The predicted octanol–water partition coefficient (Wildman–Crippen LogP) is 3.85. The lowest BCUT2D eigenvalue weighted by Crippen LogP contribution is -2.13. The minimum atomic E-state index is -0.483. The normalized spacial score (nSPS) is 10.7. The van der Waals surface area contributed by atoms with Crippen LogP contribution in [0.2, 0.25) is 0 Å². The Bertz CT molecular complexity index is 808. The second kappa shape index (κ2) is 8.36. The summed E-state index contributed by atoms with van der Waals surface area (Å²) in [7, 11) is 3.07. The maximum atomic E-state index is 12.3. The first-order valence-electron chi connectivity index (χ1n) is 6.98. The summed E-state index contributed by atoms with van der Waals surface area (Å²) in [5, 5.41) is 12.0. The van der Waals surface area contributed by atoms with Crippen molar-refractivity contribution in [2.45, 2.75) is 0 Å². The van der Waals surface area contributed by atoms with Crippen LogP contribution >= 0.6 is 22.6 Å². The Morgan fingerprint density at radius 2 is 1.88 bits per heavy atom. The summed E-state index contributed by atoms with van der Waals surface area (Å²) in [4.78, 5) is 12.3. The van der Waals surface area contributed by atoms with Gasteiger partial charge in [0.1, 0.15) is 23.1 Å². The molecule has 122 valence electrons. The number of ether oxygens (including phenoxy) is 2. The van der Waals surface area contributed by atoms with Crippen molar-refractivity contribution >= 4 is 40.3 Å². The van der Waals surface area contributed by atoms with Crippen molar-refractivity contribution < 1.29 is 14.3 Å². The molecule has 0 heterocycles. The molecule has 0 fully saturated rings. The van der Waals surface area contributed by atoms with Gasteiger partial charge < -0.3 is 14.8 Å². The van der Waals surface area contributed by atoms with Gasteiger partial charge >= 0.3 is 0 Å². The predicted molar refractivity (Wildman–Crippen MR) is 101 cm³/mol. The first-order valence-corrected chi connectivity index (χ1v) is 8.06. The monoisotopic (exact) mass is 434 g/mol. The van der Waals surface area contributed by atoms with Crippen LogP contribution in [0.1, 0.15) is 5.56 Å². The van der Waals surface area contributed by atoms with Crippen LogP contribution in [-0.4, -0.2) is 20.1 Å². The van der Waals surface area contributed by atoms with Gasteiger partial charge in [-0.2, -0.15) is 5.26 Å². The van der Waals surface area contributed by atoms with Crippen molar-refractivity contribution in [3.8, 4) is 17.6 Å². The van der Waals surface area contributed by atoms with E-state index in [9.17, 15) is 10.1 Å². The standard InChI is InChI=1S/C18H15IN2O3/c1-23-16-7-8-17(24-2)12(10-16)9-13(11-20)18(22)21-15-5-3-14(19)4-6-15/h3-10H,1-2H3,(H,21,22)/b13-9-. The summed E-state index contributed by atoms with van der Waals surface area (Å²) < 4.78 is 11.5. The van der Waals surface area contributed by atoms with Crippen LogP contribution in [0.5, 0.6) is 11.5 Å². The van der Waals surface area contributed by atoms with Crippen LogP contribution in [0.3, 0.4) is 0 Å². The summed E-state index contributed by atoms with van der Waals surface area (Å²) in [5.74, 6) is 0.673. The number of methoxy groups -OCH3 is 2. The highest BCUT2D eigenvalue weighted by Crippen LogP contribution is 2.26. The maximum Gasteiger partial charge on any atom is 0.266 e. The lowest BCUT2D eigenvalue weighted by Gasteiger charge is -2.08. The van der Waals surface area contributed by atoms with Gasteiger partial charge in [-0.25, -0.2) is 0 Å². The van der Waals surface area contributed by atoms with E-state index in [1.54, 1.807) is 37.4 Å². The largest absolute Gasteiger partial charge is 0.497 e. The van der Waals surface area contributed by atoms with E-state index in [1.807, 2.05) is 18.2 Å².